The third-order valence-corrected chi connectivity index (χ3v) is 3.89. The van der Waals surface area contributed by atoms with Gasteiger partial charge in [-0.3, -0.25) is 14.3 Å². The summed E-state index contributed by atoms with van der Waals surface area (Å²) in [5, 5.41) is 19.0. The van der Waals surface area contributed by atoms with E-state index in [0.717, 1.165) is 0 Å². The molecule has 2 rings (SSSR count). The largest absolute Gasteiger partial charge is 0.393 e. The molecule has 0 bridgehead atoms. The van der Waals surface area contributed by atoms with E-state index >= 15 is 0 Å². The number of aliphatic hydroxyl groups excluding tert-OH is 2. The maximum atomic E-state index is 11.8. The second-order valence-electron chi connectivity index (χ2n) is 4.90. The molecular formula is C12H18N2O6. The second kappa shape index (κ2) is 5.49. The Morgan fingerprint density at radius 2 is 2.10 bits per heavy atom. The number of aromatic nitrogens is 2. The summed E-state index contributed by atoms with van der Waals surface area (Å²) in [5.41, 5.74) is -2.34. The lowest BCUT2D eigenvalue weighted by Gasteiger charge is -2.28. The van der Waals surface area contributed by atoms with Gasteiger partial charge >= 0.3 is 5.69 Å². The molecular weight excluding hydrogens is 268 g/mol. The first kappa shape index (κ1) is 14.9. The van der Waals surface area contributed by atoms with Gasteiger partial charge in [-0.25, -0.2) is 4.79 Å². The number of hydrogen-bond donors (Lipinski definition) is 3. The fraction of sp³-hybridized carbons (Fsp3) is 0.667. The number of rotatable bonds is 4. The number of nitrogens with zero attached hydrogens (tertiary/aromatic N) is 1. The van der Waals surface area contributed by atoms with Crippen LogP contribution in [0, 0.1) is 5.92 Å². The van der Waals surface area contributed by atoms with Gasteiger partial charge in [0.15, 0.2) is 6.23 Å². The van der Waals surface area contributed by atoms with Crippen LogP contribution in [0.25, 0.3) is 0 Å². The topological polar surface area (TPSA) is 114 Å². The van der Waals surface area contributed by atoms with Crippen LogP contribution in [-0.4, -0.2) is 51.8 Å². The average molecular weight is 286 g/mol. The zero-order valence-electron chi connectivity index (χ0n) is 11.3. The Kier molecular flexibility index (Phi) is 4.09. The highest BCUT2D eigenvalue weighted by Gasteiger charge is 2.53. The van der Waals surface area contributed by atoms with Crippen molar-refractivity contribution in [2.75, 3.05) is 20.3 Å². The van der Waals surface area contributed by atoms with Crippen molar-refractivity contribution < 1.29 is 19.7 Å². The summed E-state index contributed by atoms with van der Waals surface area (Å²) < 4.78 is 12.2. The average Bonchev–Trinajstić information content (AvgIpc) is 2.71. The van der Waals surface area contributed by atoms with Gasteiger partial charge in [0.1, 0.15) is 11.7 Å². The lowest BCUT2D eigenvalue weighted by molar-refractivity contribution is -0.138. The summed E-state index contributed by atoms with van der Waals surface area (Å²) in [7, 11) is 1.46. The Morgan fingerprint density at radius 1 is 1.45 bits per heavy atom. The first-order chi connectivity index (χ1) is 9.49. The summed E-state index contributed by atoms with van der Waals surface area (Å²) in [5.74, 6) is -0.341. The van der Waals surface area contributed by atoms with Crippen molar-refractivity contribution >= 4 is 0 Å². The van der Waals surface area contributed by atoms with Crippen molar-refractivity contribution in [2.24, 2.45) is 5.92 Å². The predicted octanol–water partition coefficient (Wildman–Crippen LogP) is -1.56. The van der Waals surface area contributed by atoms with E-state index in [4.69, 9.17) is 9.47 Å². The highest BCUT2D eigenvalue weighted by atomic mass is 16.6. The molecule has 20 heavy (non-hydrogen) atoms. The summed E-state index contributed by atoms with van der Waals surface area (Å²) in [6.45, 7) is 0.954. The molecule has 0 spiro atoms. The molecule has 0 aliphatic carbocycles. The van der Waals surface area contributed by atoms with E-state index in [0.29, 0.717) is 0 Å². The highest BCUT2D eigenvalue weighted by molar-refractivity contribution is 5.00. The molecule has 0 radical (unpaired) electrons. The number of hydrogen-bond acceptors (Lipinski definition) is 6. The fourth-order valence-electron chi connectivity index (χ4n) is 2.54. The lowest BCUT2D eigenvalue weighted by Crippen LogP contribution is -2.44. The molecule has 3 N–H and O–H groups in total. The van der Waals surface area contributed by atoms with Gasteiger partial charge in [0, 0.05) is 25.3 Å². The maximum Gasteiger partial charge on any atom is 0.330 e. The number of aliphatic hydroxyl groups is 2. The minimum atomic E-state index is -1.19. The molecule has 0 saturated carbocycles. The van der Waals surface area contributed by atoms with Crippen LogP contribution in [0.2, 0.25) is 0 Å². The molecule has 112 valence electrons. The SMILES string of the molecule is COC1[C@H](n2ccc(=O)[nH]c2=O)OC(CO)(CO)[C@@H]1C. The molecule has 2 heterocycles. The van der Waals surface area contributed by atoms with Crippen molar-refractivity contribution in [1.29, 1.82) is 0 Å². The molecule has 0 aromatic carbocycles. The monoisotopic (exact) mass is 286 g/mol. The van der Waals surface area contributed by atoms with Crippen LogP contribution in [-0.2, 0) is 9.47 Å². The van der Waals surface area contributed by atoms with Crippen molar-refractivity contribution in [3.8, 4) is 0 Å². The van der Waals surface area contributed by atoms with Gasteiger partial charge in [0.2, 0.25) is 0 Å². The molecule has 1 aliphatic heterocycles. The lowest BCUT2D eigenvalue weighted by atomic mass is 9.88. The third kappa shape index (κ3) is 2.20. The fourth-order valence-corrected chi connectivity index (χ4v) is 2.54. The Bertz CT molecular complexity index is 576. The number of methoxy groups -OCH3 is 1. The number of H-pyrrole nitrogens is 1. The standard InChI is InChI=1S/C12H18N2O6/c1-7-9(19-2)10(20-12(7,5-15)6-16)14-4-3-8(17)13-11(14)18/h3-4,7,9-10,15-16H,5-6H2,1-2H3,(H,13,17,18)/t7-,9?,10-/m1/s1. The van der Waals surface area contributed by atoms with Gasteiger partial charge in [0.05, 0.1) is 13.2 Å². The minimum absolute atomic E-state index is 0.341. The van der Waals surface area contributed by atoms with E-state index in [2.05, 4.69) is 4.98 Å². The van der Waals surface area contributed by atoms with Crippen LogP contribution >= 0.6 is 0 Å². The van der Waals surface area contributed by atoms with Gasteiger partial charge in [-0.05, 0) is 0 Å². The Labute approximate surface area is 114 Å². The molecule has 1 saturated heterocycles. The predicted molar refractivity (Wildman–Crippen MR) is 68.3 cm³/mol. The molecule has 1 aromatic rings. The normalized spacial score (nSPS) is 28.7. The van der Waals surface area contributed by atoms with Crippen LogP contribution in [0.15, 0.2) is 21.9 Å². The van der Waals surface area contributed by atoms with Crippen LogP contribution < -0.4 is 11.2 Å². The van der Waals surface area contributed by atoms with E-state index < -0.39 is 42.4 Å². The smallest absolute Gasteiger partial charge is 0.330 e. The van der Waals surface area contributed by atoms with E-state index in [1.165, 1.54) is 23.9 Å². The summed E-state index contributed by atoms with van der Waals surface area (Å²) >= 11 is 0. The van der Waals surface area contributed by atoms with Crippen LogP contribution in [0.4, 0.5) is 0 Å². The molecule has 1 aromatic heterocycles. The quantitative estimate of drug-likeness (QED) is 0.617. The van der Waals surface area contributed by atoms with Crippen LogP contribution in [0.3, 0.4) is 0 Å². The van der Waals surface area contributed by atoms with E-state index in [9.17, 15) is 19.8 Å². The Morgan fingerprint density at radius 3 is 2.60 bits per heavy atom. The number of ether oxygens (including phenoxy) is 2. The van der Waals surface area contributed by atoms with Crippen molar-refractivity contribution in [3.63, 3.8) is 0 Å². The van der Waals surface area contributed by atoms with E-state index in [1.807, 2.05) is 0 Å². The maximum absolute atomic E-state index is 11.8. The molecule has 3 atom stereocenters. The Balaban J connectivity index is 2.46. The molecule has 0 amide bonds. The molecule has 1 fully saturated rings. The second-order valence-corrected chi connectivity index (χ2v) is 4.90. The minimum Gasteiger partial charge on any atom is -0.393 e. The van der Waals surface area contributed by atoms with Gasteiger partial charge in [-0.2, -0.15) is 0 Å². The molecule has 8 heteroatoms. The first-order valence-corrected chi connectivity index (χ1v) is 6.23. The van der Waals surface area contributed by atoms with Crippen molar-refractivity contribution in [3.05, 3.63) is 33.1 Å². The highest BCUT2D eigenvalue weighted by Crippen LogP contribution is 2.41. The third-order valence-electron chi connectivity index (χ3n) is 3.89. The van der Waals surface area contributed by atoms with Gasteiger partial charge in [-0.1, -0.05) is 6.92 Å². The molecule has 8 nitrogen and oxygen atoms in total. The molecule has 1 aliphatic rings. The number of aromatic amines is 1. The summed E-state index contributed by atoms with van der Waals surface area (Å²) in [6.07, 6.45) is -0.0772. The van der Waals surface area contributed by atoms with Crippen molar-refractivity contribution in [1.82, 2.24) is 9.55 Å². The van der Waals surface area contributed by atoms with Crippen LogP contribution in [0.5, 0.6) is 0 Å². The zero-order valence-corrected chi connectivity index (χ0v) is 11.3. The van der Waals surface area contributed by atoms with E-state index in [-0.39, 0.29) is 5.92 Å². The van der Waals surface area contributed by atoms with E-state index in [1.54, 1.807) is 6.92 Å². The van der Waals surface area contributed by atoms with Gasteiger partial charge in [0.25, 0.3) is 5.56 Å². The number of nitrogens with one attached hydrogen (secondary N) is 1. The van der Waals surface area contributed by atoms with Gasteiger partial charge in [-0.15, -0.1) is 0 Å². The van der Waals surface area contributed by atoms with Gasteiger partial charge < -0.3 is 19.7 Å². The molecule has 1 unspecified atom stereocenters. The van der Waals surface area contributed by atoms with Crippen LogP contribution in [0.1, 0.15) is 13.2 Å². The van der Waals surface area contributed by atoms with Crippen molar-refractivity contribution in [2.45, 2.75) is 24.9 Å². The first-order valence-electron chi connectivity index (χ1n) is 6.23. The Hall–Kier alpha value is -1.48. The summed E-state index contributed by atoms with van der Waals surface area (Å²) in [6, 6.07) is 1.19. The zero-order chi connectivity index (χ0) is 14.9. The summed E-state index contributed by atoms with van der Waals surface area (Å²) in [4.78, 5) is 25.1.